The molecule has 0 fully saturated rings. The van der Waals surface area contributed by atoms with Crippen molar-refractivity contribution in [2.24, 2.45) is 0 Å². The summed E-state index contributed by atoms with van der Waals surface area (Å²) in [4.78, 5) is 10.5. The van der Waals surface area contributed by atoms with E-state index in [1.54, 1.807) is 12.1 Å². The van der Waals surface area contributed by atoms with Crippen LogP contribution in [0.25, 0.3) is 0 Å². The molecule has 0 aromatic heterocycles. The number of benzene rings is 1. The van der Waals surface area contributed by atoms with Crippen LogP contribution in [0, 0.1) is 10.1 Å². The van der Waals surface area contributed by atoms with E-state index >= 15 is 0 Å². The summed E-state index contributed by atoms with van der Waals surface area (Å²) in [5.74, 6) is 0.323. The van der Waals surface area contributed by atoms with Crippen molar-refractivity contribution in [3.63, 3.8) is 0 Å². The Balaban J connectivity index is 3.00. The van der Waals surface area contributed by atoms with Crippen molar-refractivity contribution in [3.05, 3.63) is 28.3 Å². The maximum atomic E-state index is 10.9. The number of nitrogens with one attached hydrogen (secondary N) is 1. The molecule has 1 aromatic rings. The number of nitro groups is 1. The number of rotatable bonds is 7. The second-order valence-electron chi connectivity index (χ2n) is 5.15. The zero-order valence-corrected chi connectivity index (χ0v) is 12.0. The highest BCUT2D eigenvalue weighted by molar-refractivity contribution is 5.58. The van der Waals surface area contributed by atoms with E-state index in [4.69, 9.17) is 4.74 Å². The maximum absolute atomic E-state index is 10.9. The van der Waals surface area contributed by atoms with Gasteiger partial charge in [0.15, 0.2) is 5.75 Å². The number of hydrogen-bond donors (Lipinski definition) is 1. The fourth-order valence-corrected chi connectivity index (χ4v) is 1.55. The van der Waals surface area contributed by atoms with Crippen LogP contribution in [-0.4, -0.2) is 17.1 Å². The van der Waals surface area contributed by atoms with E-state index in [1.807, 2.05) is 6.92 Å². The second-order valence-corrected chi connectivity index (χ2v) is 5.15. The molecule has 5 nitrogen and oxygen atoms in total. The summed E-state index contributed by atoms with van der Waals surface area (Å²) >= 11 is 0. The van der Waals surface area contributed by atoms with Gasteiger partial charge >= 0.3 is 5.69 Å². The predicted octanol–water partition coefficient (Wildman–Crippen LogP) is 3.98. The third-order valence-electron chi connectivity index (χ3n) is 2.98. The SMILES string of the molecule is CCCOc1cc(NC(C)(C)CC)ccc1[N+](=O)[O-]. The van der Waals surface area contributed by atoms with Gasteiger partial charge in [0.25, 0.3) is 0 Å². The van der Waals surface area contributed by atoms with Crippen molar-refractivity contribution in [1.82, 2.24) is 0 Å². The minimum Gasteiger partial charge on any atom is -0.487 e. The lowest BCUT2D eigenvalue weighted by atomic mass is 10.0. The van der Waals surface area contributed by atoms with Crippen LogP contribution < -0.4 is 10.1 Å². The molecule has 1 aromatic carbocycles. The lowest BCUT2D eigenvalue weighted by Crippen LogP contribution is -2.29. The first-order chi connectivity index (χ1) is 8.89. The van der Waals surface area contributed by atoms with Crippen LogP contribution in [-0.2, 0) is 0 Å². The van der Waals surface area contributed by atoms with Crippen LogP contribution in [0.4, 0.5) is 11.4 Å². The molecule has 0 unspecified atom stereocenters. The van der Waals surface area contributed by atoms with Gasteiger partial charge in [0.05, 0.1) is 11.5 Å². The number of nitrogens with zero attached hydrogens (tertiary/aromatic N) is 1. The van der Waals surface area contributed by atoms with Gasteiger partial charge in [-0.15, -0.1) is 0 Å². The highest BCUT2D eigenvalue weighted by atomic mass is 16.6. The van der Waals surface area contributed by atoms with Crippen LogP contribution in [0.3, 0.4) is 0 Å². The number of ether oxygens (including phenoxy) is 1. The maximum Gasteiger partial charge on any atom is 0.311 e. The monoisotopic (exact) mass is 266 g/mol. The summed E-state index contributed by atoms with van der Waals surface area (Å²) in [7, 11) is 0. The minimum absolute atomic E-state index is 0.00769. The Labute approximate surface area is 114 Å². The largest absolute Gasteiger partial charge is 0.487 e. The summed E-state index contributed by atoms with van der Waals surface area (Å²) in [5, 5.41) is 14.3. The van der Waals surface area contributed by atoms with Crippen LogP contribution >= 0.6 is 0 Å². The molecule has 0 radical (unpaired) electrons. The highest BCUT2D eigenvalue weighted by Gasteiger charge is 2.19. The molecule has 106 valence electrons. The summed E-state index contributed by atoms with van der Waals surface area (Å²) in [6.45, 7) is 8.70. The van der Waals surface area contributed by atoms with E-state index in [9.17, 15) is 10.1 Å². The van der Waals surface area contributed by atoms with Gasteiger partial charge in [0, 0.05) is 23.4 Å². The molecule has 0 saturated heterocycles. The number of hydrogen-bond acceptors (Lipinski definition) is 4. The molecule has 0 aliphatic heterocycles. The molecule has 0 saturated carbocycles. The fourth-order valence-electron chi connectivity index (χ4n) is 1.55. The Bertz CT molecular complexity index is 444. The topological polar surface area (TPSA) is 64.4 Å². The Morgan fingerprint density at radius 3 is 2.58 bits per heavy atom. The van der Waals surface area contributed by atoms with E-state index in [-0.39, 0.29) is 11.2 Å². The van der Waals surface area contributed by atoms with Crippen LogP contribution in [0.15, 0.2) is 18.2 Å². The molecule has 1 N–H and O–H groups in total. The summed E-state index contributed by atoms with van der Waals surface area (Å²) < 4.78 is 5.45. The summed E-state index contributed by atoms with van der Waals surface area (Å²) in [6, 6.07) is 4.90. The Morgan fingerprint density at radius 2 is 2.05 bits per heavy atom. The van der Waals surface area contributed by atoms with E-state index in [2.05, 4.69) is 26.1 Å². The average Bonchev–Trinajstić information content (AvgIpc) is 2.35. The van der Waals surface area contributed by atoms with Gasteiger partial charge in [-0.25, -0.2) is 0 Å². The van der Waals surface area contributed by atoms with E-state index < -0.39 is 4.92 Å². The molecule has 0 amide bonds. The van der Waals surface area contributed by atoms with Gasteiger partial charge in [-0.2, -0.15) is 0 Å². The molecule has 19 heavy (non-hydrogen) atoms. The zero-order valence-electron chi connectivity index (χ0n) is 12.0. The van der Waals surface area contributed by atoms with Gasteiger partial charge in [-0.1, -0.05) is 13.8 Å². The third-order valence-corrected chi connectivity index (χ3v) is 2.98. The van der Waals surface area contributed by atoms with Gasteiger partial charge < -0.3 is 10.1 Å². The van der Waals surface area contributed by atoms with E-state index in [0.29, 0.717) is 12.4 Å². The summed E-state index contributed by atoms with van der Waals surface area (Å²) in [6.07, 6.45) is 1.77. The van der Waals surface area contributed by atoms with Crippen molar-refractivity contribution in [2.75, 3.05) is 11.9 Å². The first-order valence-electron chi connectivity index (χ1n) is 6.59. The first-order valence-corrected chi connectivity index (χ1v) is 6.59. The normalized spacial score (nSPS) is 11.2. The smallest absolute Gasteiger partial charge is 0.311 e. The molecule has 0 spiro atoms. The molecular weight excluding hydrogens is 244 g/mol. The van der Waals surface area contributed by atoms with Gasteiger partial charge in [-0.3, -0.25) is 10.1 Å². The molecule has 0 aliphatic carbocycles. The van der Waals surface area contributed by atoms with Crippen LogP contribution in [0.5, 0.6) is 5.75 Å². The number of nitro benzene ring substituents is 1. The van der Waals surface area contributed by atoms with Crippen molar-refractivity contribution < 1.29 is 9.66 Å². The highest BCUT2D eigenvalue weighted by Crippen LogP contribution is 2.31. The van der Waals surface area contributed by atoms with Crippen molar-refractivity contribution >= 4 is 11.4 Å². The van der Waals surface area contributed by atoms with Crippen LogP contribution in [0.1, 0.15) is 40.5 Å². The fraction of sp³-hybridized carbons (Fsp3) is 0.571. The molecule has 0 bridgehead atoms. The minimum atomic E-state index is -0.417. The molecule has 0 aliphatic rings. The molecule has 0 heterocycles. The first kappa shape index (κ1) is 15.3. The Hall–Kier alpha value is -1.78. The Morgan fingerprint density at radius 1 is 1.37 bits per heavy atom. The lowest BCUT2D eigenvalue weighted by Gasteiger charge is -2.26. The molecular formula is C14H22N2O3. The van der Waals surface area contributed by atoms with Crippen molar-refractivity contribution in [3.8, 4) is 5.75 Å². The zero-order chi connectivity index (χ0) is 14.5. The molecule has 0 atom stereocenters. The summed E-state index contributed by atoms with van der Waals surface area (Å²) in [5.41, 5.74) is 0.787. The number of anilines is 1. The van der Waals surface area contributed by atoms with Crippen LogP contribution in [0.2, 0.25) is 0 Å². The Kier molecular flexibility index (Phi) is 5.15. The van der Waals surface area contributed by atoms with Gasteiger partial charge in [-0.05, 0) is 32.8 Å². The quantitative estimate of drug-likeness (QED) is 0.598. The second kappa shape index (κ2) is 6.41. The lowest BCUT2D eigenvalue weighted by molar-refractivity contribution is -0.385. The van der Waals surface area contributed by atoms with Gasteiger partial charge in [0.2, 0.25) is 0 Å². The van der Waals surface area contributed by atoms with Crippen molar-refractivity contribution in [2.45, 2.75) is 46.1 Å². The average molecular weight is 266 g/mol. The van der Waals surface area contributed by atoms with Gasteiger partial charge in [0.1, 0.15) is 0 Å². The third kappa shape index (κ3) is 4.43. The molecule has 1 rings (SSSR count). The van der Waals surface area contributed by atoms with E-state index in [1.165, 1.54) is 6.07 Å². The van der Waals surface area contributed by atoms with Crippen molar-refractivity contribution in [1.29, 1.82) is 0 Å². The predicted molar refractivity (Wildman–Crippen MR) is 76.9 cm³/mol. The van der Waals surface area contributed by atoms with E-state index in [0.717, 1.165) is 18.5 Å². The standard InChI is InChI=1S/C14H22N2O3/c1-5-9-19-13-10-11(15-14(3,4)6-2)7-8-12(13)16(17)18/h7-8,10,15H,5-6,9H2,1-4H3. The molecule has 5 heteroatoms.